The van der Waals surface area contributed by atoms with Gasteiger partial charge >= 0.3 is 0 Å². The van der Waals surface area contributed by atoms with Crippen LogP contribution in [0.3, 0.4) is 0 Å². The molecule has 1 aliphatic heterocycles. The van der Waals surface area contributed by atoms with Gasteiger partial charge in [-0.2, -0.15) is 5.26 Å². The lowest BCUT2D eigenvalue weighted by Gasteiger charge is -2.08. The van der Waals surface area contributed by atoms with E-state index in [9.17, 15) is 4.79 Å². The quantitative estimate of drug-likeness (QED) is 0.941. The minimum Gasteiger partial charge on any atom is -0.457 e. The summed E-state index contributed by atoms with van der Waals surface area (Å²) in [5, 5.41) is 12.2. The molecule has 2 aromatic rings. The molecule has 5 nitrogen and oxygen atoms in total. The number of carbonyl (C=O) groups is 1. The Morgan fingerprint density at radius 1 is 1.22 bits per heavy atom. The van der Waals surface area contributed by atoms with Crippen molar-refractivity contribution in [1.29, 1.82) is 5.26 Å². The molecule has 0 fully saturated rings. The lowest BCUT2D eigenvalue weighted by molar-refractivity contribution is 0.0977. The molecule has 0 aliphatic carbocycles. The third kappa shape index (κ3) is 3.90. The van der Waals surface area contributed by atoms with E-state index in [1.807, 2.05) is 0 Å². The van der Waals surface area contributed by atoms with E-state index in [0.717, 1.165) is 12.3 Å². The van der Waals surface area contributed by atoms with E-state index in [-0.39, 0.29) is 5.91 Å². The summed E-state index contributed by atoms with van der Waals surface area (Å²) in [6.45, 7) is 0.738. The maximum atomic E-state index is 12.2. The highest BCUT2D eigenvalue weighted by Gasteiger charge is 2.13. The van der Waals surface area contributed by atoms with Gasteiger partial charge in [-0.05, 0) is 42.5 Å². The van der Waals surface area contributed by atoms with Crippen molar-refractivity contribution in [3.05, 3.63) is 59.7 Å². The smallest absolute Gasteiger partial charge is 0.257 e. The first-order valence-electron chi connectivity index (χ1n) is 7.01. The number of aliphatic imine (C=N–C) groups is 1. The van der Waals surface area contributed by atoms with E-state index in [0.29, 0.717) is 27.8 Å². The van der Waals surface area contributed by atoms with Crippen molar-refractivity contribution >= 4 is 22.8 Å². The third-order valence-electron chi connectivity index (χ3n) is 3.12. The van der Waals surface area contributed by atoms with Crippen LogP contribution in [-0.4, -0.2) is 23.4 Å². The van der Waals surface area contributed by atoms with Gasteiger partial charge in [-0.1, -0.05) is 17.8 Å². The van der Waals surface area contributed by atoms with Gasteiger partial charge < -0.3 is 10.1 Å². The SMILES string of the molecule is N#Cc1ccc(Oc2cccc(C(=O)NC3=NCCS3)c2)cc1. The molecule has 3 rings (SSSR count). The molecule has 114 valence electrons. The monoisotopic (exact) mass is 323 g/mol. The van der Waals surface area contributed by atoms with Crippen molar-refractivity contribution in [2.75, 3.05) is 12.3 Å². The molecule has 0 atom stereocenters. The van der Waals surface area contributed by atoms with Crippen LogP contribution in [0, 0.1) is 11.3 Å². The molecule has 1 aliphatic rings. The van der Waals surface area contributed by atoms with Crippen molar-refractivity contribution in [3.63, 3.8) is 0 Å². The Labute approximate surface area is 138 Å². The molecule has 0 unspecified atom stereocenters. The molecule has 0 radical (unpaired) electrons. The Morgan fingerprint density at radius 3 is 2.74 bits per heavy atom. The second-order valence-electron chi connectivity index (χ2n) is 4.76. The van der Waals surface area contributed by atoms with Gasteiger partial charge in [0.25, 0.3) is 5.91 Å². The molecule has 1 amide bonds. The largest absolute Gasteiger partial charge is 0.457 e. The van der Waals surface area contributed by atoms with Crippen LogP contribution < -0.4 is 10.1 Å². The van der Waals surface area contributed by atoms with Gasteiger partial charge in [0.2, 0.25) is 0 Å². The Kier molecular flexibility index (Phi) is 4.60. The van der Waals surface area contributed by atoms with Crippen LogP contribution in [0.1, 0.15) is 15.9 Å². The molecule has 2 aromatic carbocycles. The molecule has 0 aromatic heterocycles. The summed E-state index contributed by atoms with van der Waals surface area (Å²) < 4.78 is 5.71. The van der Waals surface area contributed by atoms with Gasteiger partial charge in [0.1, 0.15) is 11.5 Å². The standard InChI is InChI=1S/C17H13N3O2S/c18-11-12-4-6-14(7-5-12)22-15-3-1-2-13(10-15)16(21)20-17-19-8-9-23-17/h1-7,10H,8-9H2,(H,19,20,21). The Morgan fingerprint density at radius 2 is 2.04 bits per heavy atom. The van der Waals surface area contributed by atoms with Gasteiger partial charge in [0.15, 0.2) is 5.17 Å². The zero-order valence-corrected chi connectivity index (χ0v) is 13.0. The first-order chi connectivity index (χ1) is 11.2. The number of hydrogen-bond donors (Lipinski definition) is 1. The molecule has 23 heavy (non-hydrogen) atoms. The number of amides is 1. The van der Waals surface area contributed by atoms with Crippen molar-refractivity contribution in [3.8, 4) is 17.6 Å². The van der Waals surface area contributed by atoms with Crippen LogP contribution in [0.5, 0.6) is 11.5 Å². The number of carbonyl (C=O) groups excluding carboxylic acids is 1. The summed E-state index contributed by atoms with van der Waals surface area (Å²) in [5.74, 6) is 1.86. The van der Waals surface area contributed by atoms with Crippen LogP contribution in [-0.2, 0) is 0 Å². The Hall–Kier alpha value is -2.78. The lowest BCUT2D eigenvalue weighted by atomic mass is 10.2. The predicted octanol–water partition coefficient (Wildman–Crippen LogP) is 3.18. The van der Waals surface area contributed by atoms with Gasteiger partial charge in [0, 0.05) is 11.3 Å². The first kappa shape index (κ1) is 15.1. The minimum atomic E-state index is -0.205. The van der Waals surface area contributed by atoms with E-state index in [2.05, 4.69) is 16.4 Å². The minimum absolute atomic E-state index is 0.205. The number of benzene rings is 2. The highest BCUT2D eigenvalue weighted by atomic mass is 32.2. The Bertz CT molecular complexity index is 794. The number of nitrogens with one attached hydrogen (secondary N) is 1. The van der Waals surface area contributed by atoms with Crippen LogP contribution >= 0.6 is 11.8 Å². The third-order valence-corrected chi connectivity index (χ3v) is 4.01. The first-order valence-corrected chi connectivity index (χ1v) is 8.00. The fourth-order valence-electron chi connectivity index (χ4n) is 2.01. The number of ether oxygens (including phenoxy) is 1. The molecule has 0 saturated carbocycles. The zero-order valence-electron chi connectivity index (χ0n) is 12.2. The van der Waals surface area contributed by atoms with Crippen LogP contribution in [0.2, 0.25) is 0 Å². The topological polar surface area (TPSA) is 74.5 Å². The van der Waals surface area contributed by atoms with Gasteiger partial charge in [-0.15, -0.1) is 0 Å². The Balaban J connectivity index is 1.71. The summed E-state index contributed by atoms with van der Waals surface area (Å²) in [6.07, 6.45) is 0. The number of nitriles is 1. The van der Waals surface area contributed by atoms with E-state index in [1.54, 1.807) is 48.5 Å². The second-order valence-corrected chi connectivity index (χ2v) is 5.84. The van der Waals surface area contributed by atoms with E-state index in [4.69, 9.17) is 10.00 Å². The van der Waals surface area contributed by atoms with Crippen molar-refractivity contribution in [2.45, 2.75) is 0 Å². The fourth-order valence-corrected chi connectivity index (χ4v) is 2.74. The van der Waals surface area contributed by atoms with Gasteiger partial charge in [-0.25, -0.2) is 0 Å². The van der Waals surface area contributed by atoms with Crippen molar-refractivity contribution in [2.24, 2.45) is 4.99 Å². The van der Waals surface area contributed by atoms with E-state index in [1.165, 1.54) is 11.8 Å². The summed E-state index contributed by atoms with van der Waals surface area (Å²) in [7, 11) is 0. The number of hydrogen-bond acceptors (Lipinski definition) is 5. The van der Waals surface area contributed by atoms with E-state index >= 15 is 0 Å². The average Bonchev–Trinajstić information content (AvgIpc) is 3.09. The normalized spacial score (nSPS) is 13.1. The summed E-state index contributed by atoms with van der Waals surface area (Å²) >= 11 is 1.54. The molecule has 1 heterocycles. The van der Waals surface area contributed by atoms with Crippen LogP contribution in [0.4, 0.5) is 0 Å². The summed E-state index contributed by atoms with van der Waals surface area (Å²) in [4.78, 5) is 16.4. The molecule has 0 bridgehead atoms. The average molecular weight is 323 g/mol. The number of rotatable bonds is 3. The highest BCUT2D eigenvalue weighted by Crippen LogP contribution is 2.22. The molecule has 1 N–H and O–H groups in total. The molecular weight excluding hydrogens is 310 g/mol. The zero-order chi connectivity index (χ0) is 16.1. The van der Waals surface area contributed by atoms with Crippen molar-refractivity contribution < 1.29 is 9.53 Å². The summed E-state index contributed by atoms with van der Waals surface area (Å²) in [6, 6.07) is 15.8. The van der Waals surface area contributed by atoms with Crippen molar-refractivity contribution in [1.82, 2.24) is 5.32 Å². The maximum Gasteiger partial charge on any atom is 0.257 e. The van der Waals surface area contributed by atoms with Crippen LogP contribution in [0.15, 0.2) is 53.5 Å². The highest BCUT2D eigenvalue weighted by molar-refractivity contribution is 8.14. The second kappa shape index (κ2) is 6.99. The fraction of sp³-hybridized carbons (Fsp3) is 0.118. The number of amidine groups is 1. The maximum absolute atomic E-state index is 12.2. The molecular formula is C17H13N3O2S. The van der Waals surface area contributed by atoms with Gasteiger partial charge in [-0.3, -0.25) is 9.79 Å². The molecule has 0 spiro atoms. The number of nitrogens with zero attached hydrogens (tertiary/aromatic N) is 2. The summed E-state index contributed by atoms with van der Waals surface area (Å²) in [5.41, 5.74) is 1.08. The van der Waals surface area contributed by atoms with E-state index < -0.39 is 0 Å². The van der Waals surface area contributed by atoms with Gasteiger partial charge in [0.05, 0.1) is 18.2 Å². The molecule has 6 heteroatoms. The molecule has 0 saturated heterocycles. The van der Waals surface area contributed by atoms with Crippen LogP contribution in [0.25, 0.3) is 0 Å². The number of thioether (sulfide) groups is 1. The lowest BCUT2D eigenvalue weighted by Crippen LogP contribution is -2.27. The predicted molar refractivity (Wildman–Crippen MR) is 89.9 cm³/mol.